The molecule has 1 atom stereocenters. The molecule has 1 aromatic rings. The van der Waals surface area contributed by atoms with E-state index in [1.807, 2.05) is 6.20 Å². The third kappa shape index (κ3) is 3.19. The van der Waals surface area contributed by atoms with Gasteiger partial charge in [0.1, 0.15) is 0 Å². The molecule has 4 nitrogen and oxygen atoms in total. The fraction of sp³-hybridized carbons (Fsp3) is 0.714. The summed E-state index contributed by atoms with van der Waals surface area (Å²) in [5.41, 5.74) is 1.18. The van der Waals surface area contributed by atoms with Gasteiger partial charge in [-0.1, -0.05) is 6.92 Å². The summed E-state index contributed by atoms with van der Waals surface area (Å²) in [5.74, 6) is 1.82. The second kappa shape index (κ2) is 6.14. The zero-order chi connectivity index (χ0) is 13.0. The summed E-state index contributed by atoms with van der Waals surface area (Å²) in [6, 6.07) is 2.75. The lowest BCUT2D eigenvalue weighted by atomic mass is 9.90. The number of nitrogens with one attached hydrogen (secondary N) is 1. The van der Waals surface area contributed by atoms with Crippen LogP contribution in [-0.2, 0) is 0 Å². The zero-order valence-electron chi connectivity index (χ0n) is 11.7. The number of rotatable bonds is 4. The maximum Gasteiger partial charge on any atom is 0.151 e. The minimum atomic E-state index is 0.626. The maximum absolute atomic E-state index is 4.23. The first-order chi connectivity index (χ1) is 8.70. The first-order valence-electron chi connectivity index (χ1n) is 6.98. The van der Waals surface area contributed by atoms with Crippen LogP contribution in [0.3, 0.4) is 0 Å². The summed E-state index contributed by atoms with van der Waals surface area (Å²) in [6.45, 7) is 9.80. The van der Waals surface area contributed by atoms with Gasteiger partial charge < -0.3 is 10.2 Å². The van der Waals surface area contributed by atoms with Crippen LogP contribution in [0.15, 0.2) is 12.3 Å². The Morgan fingerprint density at radius 1 is 1.44 bits per heavy atom. The topological polar surface area (TPSA) is 41.0 Å². The van der Waals surface area contributed by atoms with E-state index >= 15 is 0 Å². The van der Waals surface area contributed by atoms with E-state index in [1.54, 1.807) is 0 Å². The number of piperidine rings is 1. The smallest absolute Gasteiger partial charge is 0.151 e. The highest BCUT2D eigenvalue weighted by atomic mass is 15.3. The Morgan fingerprint density at radius 3 is 2.78 bits per heavy atom. The highest BCUT2D eigenvalue weighted by Crippen LogP contribution is 2.24. The highest BCUT2D eigenvalue weighted by molar-refractivity contribution is 5.39. The Morgan fingerprint density at radius 2 is 2.17 bits per heavy atom. The second-order valence-electron chi connectivity index (χ2n) is 5.26. The molecule has 2 heterocycles. The molecule has 100 valence electrons. The molecule has 1 aliphatic rings. The summed E-state index contributed by atoms with van der Waals surface area (Å²) in [7, 11) is 0. The largest absolute Gasteiger partial charge is 0.355 e. The molecule has 1 fully saturated rings. The van der Waals surface area contributed by atoms with Gasteiger partial charge in [-0.2, -0.15) is 5.10 Å². The van der Waals surface area contributed by atoms with Crippen LogP contribution in [0.1, 0.15) is 32.3 Å². The van der Waals surface area contributed by atoms with Crippen molar-refractivity contribution in [3.8, 4) is 0 Å². The van der Waals surface area contributed by atoms with E-state index in [2.05, 4.69) is 47.3 Å². The fourth-order valence-corrected chi connectivity index (χ4v) is 2.72. The first kappa shape index (κ1) is 13.3. The van der Waals surface area contributed by atoms with Gasteiger partial charge in [0.25, 0.3) is 0 Å². The van der Waals surface area contributed by atoms with Gasteiger partial charge in [0, 0.05) is 19.1 Å². The van der Waals surface area contributed by atoms with Crippen molar-refractivity contribution in [3.63, 3.8) is 0 Å². The Kier molecular flexibility index (Phi) is 4.53. The molecule has 0 bridgehead atoms. The SMILES string of the molecule is CCNC(C)C1CCN(c2cc(C)cnn2)CC1. The lowest BCUT2D eigenvalue weighted by Crippen LogP contribution is -2.42. The van der Waals surface area contributed by atoms with Crippen LogP contribution in [0.25, 0.3) is 0 Å². The third-order valence-electron chi connectivity index (χ3n) is 3.88. The van der Waals surface area contributed by atoms with Crippen molar-refractivity contribution in [1.29, 1.82) is 0 Å². The molecule has 0 spiro atoms. The minimum absolute atomic E-state index is 0.626. The van der Waals surface area contributed by atoms with Gasteiger partial charge in [0.15, 0.2) is 5.82 Å². The van der Waals surface area contributed by atoms with Gasteiger partial charge in [-0.05, 0) is 50.8 Å². The monoisotopic (exact) mass is 248 g/mol. The Hall–Kier alpha value is -1.16. The maximum atomic E-state index is 4.23. The molecule has 1 unspecified atom stereocenters. The van der Waals surface area contributed by atoms with E-state index in [9.17, 15) is 0 Å². The van der Waals surface area contributed by atoms with Gasteiger partial charge in [-0.15, -0.1) is 5.10 Å². The molecule has 0 saturated carbocycles. The van der Waals surface area contributed by atoms with Gasteiger partial charge in [-0.3, -0.25) is 0 Å². The molecule has 2 rings (SSSR count). The molecule has 0 aliphatic carbocycles. The lowest BCUT2D eigenvalue weighted by molar-refractivity contribution is 0.314. The average molecular weight is 248 g/mol. The predicted octanol–water partition coefficient (Wildman–Crippen LogP) is 2.00. The summed E-state index contributed by atoms with van der Waals surface area (Å²) in [6.07, 6.45) is 4.29. The number of aromatic nitrogens is 2. The van der Waals surface area contributed by atoms with E-state index in [0.717, 1.165) is 31.4 Å². The van der Waals surface area contributed by atoms with E-state index < -0.39 is 0 Å². The number of anilines is 1. The number of hydrogen-bond donors (Lipinski definition) is 1. The van der Waals surface area contributed by atoms with E-state index in [0.29, 0.717) is 6.04 Å². The fourth-order valence-electron chi connectivity index (χ4n) is 2.72. The van der Waals surface area contributed by atoms with Crippen LogP contribution in [-0.4, -0.2) is 35.9 Å². The molecule has 1 saturated heterocycles. The minimum Gasteiger partial charge on any atom is -0.355 e. The molecular formula is C14H24N4. The number of hydrogen-bond acceptors (Lipinski definition) is 4. The highest BCUT2D eigenvalue weighted by Gasteiger charge is 2.24. The molecule has 1 N–H and O–H groups in total. The van der Waals surface area contributed by atoms with Crippen LogP contribution >= 0.6 is 0 Å². The molecule has 4 heteroatoms. The summed E-state index contributed by atoms with van der Waals surface area (Å²) in [4.78, 5) is 2.36. The molecule has 1 aliphatic heterocycles. The quantitative estimate of drug-likeness (QED) is 0.885. The van der Waals surface area contributed by atoms with Crippen molar-refractivity contribution in [2.75, 3.05) is 24.5 Å². The van der Waals surface area contributed by atoms with Crippen molar-refractivity contribution < 1.29 is 0 Å². The first-order valence-corrected chi connectivity index (χ1v) is 6.98. The molecule has 0 amide bonds. The second-order valence-corrected chi connectivity index (χ2v) is 5.26. The van der Waals surface area contributed by atoms with Crippen LogP contribution in [0, 0.1) is 12.8 Å². The average Bonchev–Trinajstić information content (AvgIpc) is 2.39. The van der Waals surface area contributed by atoms with Crippen molar-refractivity contribution in [2.24, 2.45) is 5.92 Å². The molecule has 0 radical (unpaired) electrons. The molecular weight excluding hydrogens is 224 g/mol. The van der Waals surface area contributed by atoms with E-state index in [-0.39, 0.29) is 0 Å². The molecule has 18 heavy (non-hydrogen) atoms. The van der Waals surface area contributed by atoms with Crippen LogP contribution in [0.2, 0.25) is 0 Å². The Bertz CT molecular complexity index is 372. The van der Waals surface area contributed by atoms with Crippen molar-refractivity contribution in [1.82, 2.24) is 15.5 Å². The van der Waals surface area contributed by atoms with Crippen LogP contribution in [0.4, 0.5) is 5.82 Å². The van der Waals surface area contributed by atoms with Crippen LogP contribution < -0.4 is 10.2 Å². The van der Waals surface area contributed by atoms with Crippen molar-refractivity contribution in [2.45, 2.75) is 39.7 Å². The third-order valence-corrected chi connectivity index (χ3v) is 3.88. The van der Waals surface area contributed by atoms with Crippen molar-refractivity contribution in [3.05, 3.63) is 17.8 Å². The standard InChI is InChI=1S/C14H24N4/c1-4-15-12(3)13-5-7-18(8-6-13)14-9-11(2)10-16-17-14/h9-10,12-13,15H,4-8H2,1-3H3. The van der Waals surface area contributed by atoms with Gasteiger partial charge in [0.05, 0.1) is 6.20 Å². The summed E-state index contributed by atoms with van der Waals surface area (Å²) < 4.78 is 0. The number of nitrogens with zero attached hydrogens (tertiary/aromatic N) is 3. The lowest BCUT2D eigenvalue weighted by Gasteiger charge is -2.35. The molecule has 0 aromatic carbocycles. The summed E-state index contributed by atoms with van der Waals surface area (Å²) >= 11 is 0. The Labute approximate surface area is 110 Å². The Balaban J connectivity index is 1.90. The predicted molar refractivity (Wildman–Crippen MR) is 74.8 cm³/mol. The van der Waals surface area contributed by atoms with Gasteiger partial charge >= 0.3 is 0 Å². The van der Waals surface area contributed by atoms with Gasteiger partial charge in [-0.25, -0.2) is 0 Å². The van der Waals surface area contributed by atoms with Crippen molar-refractivity contribution >= 4 is 5.82 Å². The van der Waals surface area contributed by atoms with Gasteiger partial charge in [0.2, 0.25) is 0 Å². The summed E-state index contributed by atoms with van der Waals surface area (Å²) in [5, 5.41) is 11.8. The van der Waals surface area contributed by atoms with E-state index in [4.69, 9.17) is 0 Å². The zero-order valence-corrected chi connectivity index (χ0v) is 11.7. The van der Waals surface area contributed by atoms with E-state index in [1.165, 1.54) is 18.4 Å². The van der Waals surface area contributed by atoms with Crippen LogP contribution in [0.5, 0.6) is 0 Å². The number of aryl methyl sites for hydroxylation is 1. The normalized spacial score (nSPS) is 18.9. The molecule has 1 aromatic heterocycles.